The van der Waals surface area contributed by atoms with Gasteiger partial charge in [0.15, 0.2) is 0 Å². The predicted molar refractivity (Wildman–Crippen MR) is 86.2 cm³/mol. The van der Waals surface area contributed by atoms with Gasteiger partial charge in [-0.1, -0.05) is 12.1 Å². The fourth-order valence-corrected chi connectivity index (χ4v) is 1.62. The number of ether oxygens (including phenoxy) is 1. The van der Waals surface area contributed by atoms with Gasteiger partial charge in [-0.05, 0) is 39.8 Å². The molecule has 0 atom stereocenters. The lowest BCUT2D eigenvalue weighted by molar-refractivity contribution is -0.133. The van der Waals surface area contributed by atoms with Crippen LogP contribution in [0.3, 0.4) is 0 Å². The van der Waals surface area contributed by atoms with Crippen LogP contribution in [0.4, 0.5) is 4.79 Å². The molecule has 2 amide bonds. The van der Waals surface area contributed by atoms with Crippen LogP contribution < -0.4 is 10.6 Å². The maximum atomic E-state index is 12.0. The number of nitrogens with zero attached hydrogens (tertiary/aromatic N) is 1. The lowest BCUT2D eigenvalue weighted by Crippen LogP contribution is -2.32. The van der Waals surface area contributed by atoms with E-state index in [9.17, 15) is 14.4 Å². The molecule has 24 heavy (non-hydrogen) atoms. The molecule has 0 aliphatic heterocycles. The molecule has 0 aromatic carbocycles. The van der Waals surface area contributed by atoms with Crippen molar-refractivity contribution in [1.29, 1.82) is 0 Å². The number of nitrogens with one attached hydrogen (secondary N) is 2. The fourth-order valence-electron chi connectivity index (χ4n) is 1.62. The molecule has 0 radical (unpaired) electrons. The molecule has 8 nitrogen and oxygen atoms in total. The Morgan fingerprint density at radius 2 is 1.96 bits per heavy atom. The van der Waals surface area contributed by atoms with E-state index in [0.29, 0.717) is 5.69 Å². The van der Waals surface area contributed by atoms with Crippen LogP contribution in [-0.4, -0.2) is 33.7 Å². The maximum Gasteiger partial charge on any atom is 0.407 e. The Morgan fingerprint density at radius 3 is 2.50 bits per heavy atom. The van der Waals surface area contributed by atoms with E-state index in [-0.39, 0.29) is 17.9 Å². The van der Waals surface area contributed by atoms with E-state index >= 15 is 0 Å². The van der Waals surface area contributed by atoms with E-state index in [2.05, 4.69) is 15.6 Å². The lowest BCUT2D eigenvalue weighted by Gasteiger charge is -2.19. The average molecular weight is 335 g/mol. The highest BCUT2D eigenvalue weighted by molar-refractivity contribution is 5.99. The van der Waals surface area contributed by atoms with E-state index in [4.69, 9.17) is 9.84 Å². The van der Waals surface area contributed by atoms with Crippen molar-refractivity contribution >= 4 is 18.0 Å². The number of carbonyl (C=O) groups is 3. The first kappa shape index (κ1) is 19.1. The topological polar surface area (TPSA) is 118 Å². The van der Waals surface area contributed by atoms with Gasteiger partial charge < -0.3 is 20.5 Å². The van der Waals surface area contributed by atoms with E-state index in [0.717, 1.165) is 0 Å². The van der Waals surface area contributed by atoms with Crippen molar-refractivity contribution in [3.8, 4) is 0 Å². The number of aliphatic carboxylic acids is 1. The van der Waals surface area contributed by atoms with Crippen molar-refractivity contribution in [1.82, 2.24) is 15.6 Å². The summed E-state index contributed by atoms with van der Waals surface area (Å²) in [6.45, 7) is 6.81. The van der Waals surface area contributed by atoms with Gasteiger partial charge in [-0.25, -0.2) is 14.6 Å². The van der Waals surface area contributed by atoms with Crippen molar-refractivity contribution in [3.63, 3.8) is 0 Å². The molecular weight excluding hydrogens is 314 g/mol. The van der Waals surface area contributed by atoms with Crippen LogP contribution in [-0.2, 0) is 16.1 Å². The first-order valence-electron chi connectivity index (χ1n) is 7.26. The Bertz CT molecular complexity index is 662. The van der Waals surface area contributed by atoms with Gasteiger partial charge in [0.2, 0.25) is 0 Å². The van der Waals surface area contributed by atoms with Crippen LogP contribution >= 0.6 is 0 Å². The summed E-state index contributed by atoms with van der Waals surface area (Å²) in [6.07, 6.45) is 0.676. The van der Waals surface area contributed by atoms with Gasteiger partial charge >= 0.3 is 12.1 Å². The highest BCUT2D eigenvalue weighted by Crippen LogP contribution is 2.07. The van der Waals surface area contributed by atoms with Crippen LogP contribution in [0.25, 0.3) is 0 Å². The second kappa shape index (κ2) is 8.09. The maximum absolute atomic E-state index is 12.0. The first-order valence-corrected chi connectivity index (χ1v) is 7.26. The number of carboxylic acid groups (broad SMARTS) is 1. The molecule has 0 saturated heterocycles. The number of amides is 2. The van der Waals surface area contributed by atoms with Crippen molar-refractivity contribution in [2.24, 2.45) is 0 Å². The lowest BCUT2D eigenvalue weighted by atomic mass is 10.2. The quantitative estimate of drug-likeness (QED) is 0.707. The van der Waals surface area contributed by atoms with Gasteiger partial charge in [-0.15, -0.1) is 0 Å². The van der Waals surface area contributed by atoms with Crippen molar-refractivity contribution in [3.05, 3.63) is 41.4 Å². The molecule has 130 valence electrons. The summed E-state index contributed by atoms with van der Waals surface area (Å²) < 4.78 is 5.10. The molecule has 1 aromatic heterocycles. The number of aromatic nitrogens is 1. The Balaban J connectivity index is 2.71. The molecule has 0 aliphatic carbocycles. The molecule has 1 aromatic rings. The molecule has 0 aliphatic rings. The molecule has 3 N–H and O–H groups in total. The SMILES string of the molecule is C/C=C(/NC(=O)c1cccc(CNC(=O)OC(C)(C)C)n1)C(=O)O. The Kier molecular flexibility index (Phi) is 6.46. The minimum atomic E-state index is -1.24. The summed E-state index contributed by atoms with van der Waals surface area (Å²) in [6, 6.07) is 4.66. The number of hydrogen-bond donors (Lipinski definition) is 3. The zero-order chi connectivity index (χ0) is 18.3. The summed E-state index contributed by atoms with van der Waals surface area (Å²) in [4.78, 5) is 38.6. The van der Waals surface area contributed by atoms with Crippen molar-refractivity contribution < 1.29 is 24.2 Å². The number of alkyl carbamates (subject to hydrolysis) is 1. The second-order valence-corrected chi connectivity index (χ2v) is 5.83. The number of rotatable bonds is 5. The largest absolute Gasteiger partial charge is 0.477 e. The van der Waals surface area contributed by atoms with Crippen LogP contribution in [0.2, 0.25) is 0 Å². The van der Waals surface area contributed by atoms with E-state index in [1.54, 1.807) is 32.9 Å². The summed E-state index contributed by atoms with van der Waals surface area (Å²) in [5.74, 6) is -1.89. The van der Waals surface area contributed by atoms with Gasteiger partial charge in [0.05, 0.1) is 12.2 Å². The van der Waals surface area contributed by atoms with E-state index < -0.39 is 23.6 Å². The van der Waals surface area contributed by atoms with Gasteiger partial charge in [-0.2, -0.15) is 0 Å². The monoisotopic (exact) mass is 335 g/mol. The van der Waals surface area contributed by atoms with Crippen molar-refractivity contribution in [2.45, 2.75) is 39.8 Å². The number of pyridine rings is 1. The number of hydrogen-bond acceptors (Lipinski definition) is 5. The second-order valence-electron chi connectivity index (χ2n) is 5.83. The van der Waals surface area contributed by atoms with Gasteiger partial charge in [0.25, 0.3) is 5.91 Å². The van der Waals surface area contributed by atoms with Crippen molar-refractivity contribution in [2.75, 3.05) is 0 Å². The molecule has 1 rings (SSSR count). The zero-order valence-electron chi connectivity index (χ0n) is 14.0. The summed E-state index contributed by atoms with van der Waals surface area (Å²) in [5, 5.41) is 13.7. The highest BCUT2D eigenvalue weighted by Gasteiger charge is 2.17. The zero-order valence-corrected chi connectivity index (χ0v) is 14.0. The Labute approximate surface area is 139 Å². The van der Waals surface area contributed by atoms with Gasteiger partial charge in [0.1, 0.15) is 17.0 Å². The molecule has 0 spiro atoms. The molecule has 8 heteroatoms. The highest BCUT2D eigenvalue weighted by atomic mass is 16.6. The van der Waals surface area contributed by atoms with Crippen LogP contribution in [0, 0.1) is 0 Å². The Morgan fingerprint density at radius 1 is 1.29 bits per heavy atom. The van der Waals surface area contributed by atoms with E-state index in [1.807, 2.05) is 0 Å². The molecule has 0 unspecified atom stereocenters. The van der Waals surface area contributed by atoms with E-state index in [1.165, 1.54) is 19.1 Å². The summed E-state index contributed by atoms with van der Waals surface area (Å²) >= 11 is 0. The normalized spacial score (nSPS) is 11.6. The molecule has 1 heterocycles. The third-order valence-electron chi connectivity index (χ3n) is 2.62. The standard InChI is InChI=1S/C16H21N3O5/c1-5-11(14(21)22)19-13(20)12-8-6-7-10(18-12)9-17-15(23)24-16(2,3)4/h5-8H,9H2,1-4H3,(H,17,23)(H,19,20)(H,21,22)/b11-5+. The summed E-state index contributed by atoms with van der Waals surface area (Å²) in [7, 11) is 0. The average Bonchev–Trinajstić information content (AvgIpc) is 2.48. The molecule has 0 saturated carbocycles. The third-order valence-corrected chi connectivity index (χ3v) is 2.62. The number of carbonyl (C=O) groups excluding carboxylic acids is 2. The smallest absolute Gasteiger partial charge is 0.407 e. The Hall–Kier alpha value is -2.90. The van der Waals surface area contributed by atoms with Crippen LogP contribution in [0.5, 0.6) is 0 Å². The fraction of sp³-hybridized carbons (Fsp3) is 0.375. The van der Waals surface area contributed by atoms with Crippen LogP contribution in [0.1, 0.15) is 43.9 Å². The minimum Gasteiger partial charge on any atom is -0.477 e. The van der Waals surface area contributed by atoms with Crippen LogP contribution in [0.15, 0.2) is 30.0 Å². The summed E-state index contributed by atoms with van der Waals surface area (Å²) in [5.41, 5.74) is -0.372. The minimum absolute atomic E-state index is 0.0408. The predicted octanol–water partition coefficient (Wildman–Crippen LogP) is 1.82. The van der Waals surface area contributed by atoms with Gasteiger partial charge in [0, 0.05) is 0 Å². The molecule has 0 fully saturated rings. The first-order chi connectivity index (χ1) is 11.1. The van der Waals surface area contributed by atoms with Gasteiger partial charge in [-0.3, -0.25) is 4.79 Å². The third kappa shape index (κ3) is 6.47. The molecular formula is C16H21N3O5. The number of allylic oxidation sites excluding steroid dienone is 1. The molecule has 0 bridgehead atoms. The number of carboxylic acids is 1.